The molecule has 2 aromatic heterocycles. The molecule has 0 bridgehead atoms. The van der Waals surface area contributed by atoms with Crippen LogP contribution in [0.4, 0.5) is 0 Å². The van der Waals surface area contributed by atoms with Gasteiger partial charge in [-0.1, -0.05) is 38.1 Å². The summed E-state index contributed by atoms with van der Waals surface area (Å²) in [5, 5.41) is 13.8. The Bertz CT molecular complexity index is 1160. The van der Waals surface area contributed by atoms with Crippen LogP contribution in [0.3, 0.4) is 0 Å². The summed E-state index contributed by atoms with van der Waals surface area (Å²) >= 11 is 1.21. The first-order valence-corrected chi connectivity index (χ1v) is 12.1. The van der Waals surface area contributed by atoms with Crippen LogP contribution in [0.25, 0.3) is 11.3 Å². The van der Waals surface area contributed by atoms with Crippen LogP contribution in [-0.2, 0) is 16.1 Å². The minimum Gasteiger partial charge on any atom is -0.443 e. The van der Waals surface area contributed by atoms with Gasteiger partial charge in [-0.25, -0.2) is 9.97 Å². The van der Waals surface area contributed by atoms with E-state index in [2.05, 4.69) is 19.7 Å². The van der Waals surface area contributed by atoms with Gasteiger partial charge in [0.15, 0.2) is 12.2 Å². The Balaban J connectivity index is 1.43. The third-order valence-corrected chi connectivity index (χ3v) is 6.92. The first-order valence-electron chi connectivity index (χ1n) is 11.3. The highest BCUT2D eigenvalue weighted by Gasteiger charge is 2.42. The van der Waals surface area contributed by atoms with Crippen molar-refractivity contribution in [2.24, 2.45) is 5.92 Å². The van der Waals surface area contributed by atoms with E-state index < -0.39 is 18.1 Å². The molecule has 3 aromatic rings. The van der Waals surface area contributed by atoms with Crippen molar-refractivity contribution < 1.29 is 19.1 Å². The molecule has 1 aliphatic heterocycles. The van der Waals surface area contributed by atoms with Crippen LogP contribution in [0.15, 0.2) is 35.1 Å². The first-order chi connectivity index (χ1) is 16.2. The van der Waals surface area contributed by atoms with Crippen molar-refractivity contribution in [3.63, 3.8) is 0 Å². The minimum atomic E-state index is -0.743. The number of hydrogen-bond donors (Lipinski definition) is 2. The van der Waals surface area contributed by atoms with E-state index in [0.29, 0.717) is 17.4 Å². The van der Waals surface area contributed by atoms with Gasteiger partial charge >= 0.3 is 0 Å². The third kappa shape index (κ3) is 5.02. The number of oxazole rings is 1. The number of β-amino-alcohol motifs (C(OH)–C–C–N with tert-alkyl or cyclic N) is 1. The van der Waals surface area contributed by atoms with Crippen molar-refractivity contribution in [2.75, 3.05) is 6.54 Å². The van der Waals surface area contributed by atoms with Crippen molar-refractivity contribution >= 4 is 23.3 Å². The highest BCUT2D eigenvalue weighted by atomic mass is 32.1. The van der Waals surface area contributed by atoms with Gasteiger partial charge in [-0.05, 0) is 36.9 Å². The lowest BCUT2D eigenvalue weighted by atomic mass is 9.94. The summed E-state index contributed by atoms with van der Waals surface area (Å²) in [5.74, 6) is 0.339. The van der Waals surface area contributed by atoms with Crippen molar-refractivity contribution in [3.8, 4) is 11.3 Å². The zero-order valence-electron chi connectivity index (χ0n) is 19.7. The summed E-state index contributed by atoms with van der Waals surface area (Å²) in [7, 11) is 0. The van der Waals surface area contributed by atoms with Gasteiger partial charge < -0.3 is 19.7 Å². The van der Waals surface area contributed by atoms with E-state index in [1.54, 1.807) is 6.92 Å². The van der Waals surface area contributed by atoms with Crippen LogP contribution in [0.2, 0.25) is 0 Å². The lowest BCUT2D eigenvalue weighted by Crippen LogP contribution is -2.48. The SMILES string of the molecule is Cc1nsc([C@H](C(=O)N2C[C@H](O)C[C@H]2C(=O)NCc2ccc(-c3ocnc3C)cc2)C(C)C)n1. The largest absolute Gasteiger partial charge is 0.443 e. The second-order valence-corrected chi connectivity index (χ2v) is 9.76. The molecular formula is C24H29N5O4S. The van der Waals surface area contributed by atoms with Crippen LogP contribution < -0.4 is 5.32 Å². The molecule has 0 spiro atoms. The van der Waals surface area contributed by atoms with Gasteiger partial charge in [-0.3, -0.25) is 9.59 Å². The lowest BCUT2D eigenvalue weighted by Gasteiger charge is -2.28. The van der Waals surface area contributed by atoms with Gasteiger partial charge in [-0.2, -0.15) is 4.37 Å². The molecular weight excluding hydrogens is 454 g/mol. The molecule has 2 N–H and O–H groups in total. The highest BCUT2D eigenvalue weighted by molar-refractivity contribution is 7.05. The average molecular weight is 484 g/mol. The molecule has 1 aromatic carbocycles. The van der Waals surface area contributed by atoms with E-state index in [9.17, 15) is 14.7 Å². The fourth-order valence-electron chi connectivity index (χ4n) is 4.26. The standard InChI is InChI=1S/C24H29N5O4S/c1-13(2)20(23-27-15(4)28-34-23)24(32)29-11-18(30)9-19(29)22(31)25-10-16-5-7-17(8-6-16)21-14(3)26-12-33-21/h5-8,12-13,18-20,30H,9-11H2,1-4H3,(H,25,31)/t18-,19+,20-/m1/s1. The highest BCUT2D eigenvalue weighted by Crippen LogP contribution is 2.31. The maximum absolute atomic E-state index is 13.5. The summed E-state index contributed by atoms with van der Waals surface area (Å²) in [4.78, 5) is 36.5. The number of likely N-dealkylation sites (tertiary alicyclic amines) is 1. The number of aliphatic hydroxyl groups is 1. The van der Waals surface area contributed by atoms with Gasteiger partial charge in [0.05, 0.1) is 17.7 Å². The van der Waals surface area contributed by atoms with Crippen molar-refractivity contribution in [3.05, 3.63) is 52.7 Å². The van der Waals surface area contributed by atoms with E-state index in [0.717, 1.165) is 22.6 Å². The smallest absolute Gasteiger partial charge is 0.243 e. The molecule has 9 nitrogen and oxygen atoms in total. The summed E-state index contributed by atoms with van der Waals surface area (Å²) in [6, 6.07) is 6.93. The summed E-state index contributed by atoms with van der Waals surface area (Å²) < 4.78 is 9.63. The number of rotatable bonds is 7. The molecule has 180 valence electrons. The van der Waals surface area contributed by atoms with E-state index in [-0.39, 0.29) is 30.7 Å². The lowest BCUT2D eigenvalue weighted by molar-refractivity contribution is -0.140. The van der Waals surface area contributed by atoms with Crippen LogP contribution >= 0.6 is 11.5 Å². The van der Waals surface area contributed by atoms with E-state index in [4.69, 9.17) is 4.42 Å². The number of nitrogens with zero attached hydrogens (tertiary/aromatic N) is 4. The normalized spacial score (nSPS) is 18.9. The van der Waals surface area contributed by atoms with Crippen LogP contribution in [-0.4, -0.2) is 54.9 Å². The van der Waals surface area contributed by atoms with Gasteiger partial charge in [0.1, 0.15) is 16.9 Å². The van der Waals surface area contributed by atoms with Crippen molar-refractivity contribution in [1.82, 2.24) is 24.6 Å². The number of hydrogen-bond acceptors (Lipinski definition) is 8. The van der Waals surface area contributed by atoms with Crippen molar-refractivity contribution in [2.45, 2.75) is 58.7 Å². The number of amides is 2. The minimum absolute atomic E-state index is 0.0205. The van der Waals surface area contributed by atoms with Crippen LogP contribution in [0, 0.1) is 19.8 Å². The predicted molar refractivity (Wildman–Crippen MR) is 127 cm³/mol. The molecule has 4 rings (SSSR count). The molecule has 0 radical (unpaired) electrons. The quantitative estimate of drug-likeness (QED) is 0.530. The Morgan fingerprint density at radius 3 is 2.59 bits per heavy atom. The maximum Gasteiger partial charge on any atom is 0.243 e. The fourth-order valence-corrected chi connectivity index (χ4v) is 5.19. The Kier molecular flexibility index (Phi) is 7.08. The van der Waals surface area contributed by atoms with Gasteiger partial charge in [0.2, 0.25) is 11.8 Å². The second-order valence-electron chi connectivity index (χ2n) is 8.98. The topological polar surface area (TPSA) is 121 Å². The fraction of sp³-hybridized carbons (Fsp3) is 0.458. The summed E-state index contributed by atoms with van der Waals surface area (Å²) in [5.41, 5.74) is 2.64. The third-order valence-electron chi connectivity index (χ3n) is 6.04. The molecule has 3 heterocycles. The number of aromatic nitrogens is 3. The number of aliphatic hydroxyl groups excluding tert-OH is 1. The molecule has 34 heavy (non-hydrogen) atoms. The maximum atomic E-state index is 13.5. The number of benzene rings is 1. The molecule has 1 saturated heterocycles. The van der Waals surface area contributed by atoms with E-state index in [1.165, 1.54) is 22.8 Å². The molecule has 0 unspecified atom stereocenters. The van der Waals surface area contributed by atoms with Gasteiger partial charge in [-0.15, -0.1) is 0 Å². The van der Waals surface area contributed by atoms with Gasteiger partial charge in [0.25, 0.3) is 0 Å². The summed E-state index contributed by atoms with van der Waals surface area (Å²) in [6.07, 6.45) is 0.882. The molecule has 10 heteroatoms. The number of carbonyl (C=O) groups is 2. The summed E-state index contributed by atoms with van der Waals surface area (Å²) in [6.45, 7) is 8.01. The van der Waals surface area contributed by atoms with E-state index >= 15 is 0 Å². The first kappa shape index (κ1) is 24.0. The zero-order chi connectivity index (χ0) is 24.4. The molecule has 0 saturated carbocycles. The number of aryl methyl sites for hydroxylation is 2. The Hall–Kier alpha value is -3.11. The molecule has 1 fully saturated rings. The van der Waals surface area contributed by atoms with Gasteiger partial charge in [0, 0.05) is 25.1 Å². The zero-order valence-corrected chi connectivity index (χ0v) is 20.5. The Morgan fingerprint density at radius 1 is 1.26 bits per heavy atom. The predicted octanol–water partition coefficient (Wildman–Crippen LogP) is 2.83. The second kappa shape index (κ2) is 10.0. The molecule has 0 aliphatic carbocycles. The van der Waals surface area contributed by atoms with Crippen LogP contribution in [0.5, 0.6) is 0 Å². The number of nitrogens with one attached hydrogen (secondary N) is 1. The van der Waals surface area contributed by atoms with Crippen LogP contribution in [0.1, 0.15) is 48.3 Å². The molecule has 2 amide bonds. The monoisotopic (exact) mass is 483 g/mol. The Labute approximate surface area is 202 Å². The van der Waals surface area contributed by atoms with Crippen molar-refractivity contribution in [1.29, 1.82) is 0 Å². The Morgan fingerprint density at radius 2 is 2.00 bits per heavy atom. The van der Waals surface area contributed by atoms with E-state index in [1.807, 2.05) is 45.0 Å². The number of carbonyl (C=O) groups excluding carboxylic acids is 2. The molecule has 1 aliphatic rings. The average Bonchev–Trinajstić information content (AvgIpc) is 3.52. The molecule has 3 atom stereocenters.